The second-order valence-corrected chi connectivity index (χ2v) is 8.70. The molecular weight excluding hydrogens is 466 g/mol. The van der Waals surface area contributed by atoms with E-state index in [1.54, 1.807) is 53.0 Å². The molecule has 35 heavy (non-hydrogen) atoms. The summed E-state index contributed by atoms with van der Waals surface area (Å²) in [5.41, 5.74) is 10.8. The van der Waals surface area contributed by atoms with Crippen LogP contribution in [-0.2, 0) is 17.8 Å². The molecule has 4 rings (SSSR count). The van der Waals surface area contributed by atoms with E-state index >= 15 is 0 Å². The highest BCUT2D eigenvalue weighted by molar-refractivity contribution is 6.30. The topological polar surface area (TPSA) is 97.6 Å². The Morgan fingerprint density at radius 3 is 2.43 bits per heavy atom. The molecule has 0 atom stereocenters. The van der Waals surface area contributed by atoms with Gasteiger partial charge in [0.15, 0.2) is 5.65 Å². The Bertz CT molecular complexity index is 1360. The van der Waals surface area contributed by atoms with Crippen LogP contribution in [0, 0.1) is 20.8 Å². The fraction of sp³-hybridized carbons (Fsp3) is 0.231. The number of hydrogen-bond acceptors (Lipinski definition) is 5. The summed E-state index contributed by atoms with van der Waals surface area (Å²) in [7, 11) is 0. The highest BCUT2D eigenvalue weighted by Gasteiger charge is 2.13. The van der Waals surface area contributed by atoms with Crippen molar-refractivity contribution in [1.29, 1.82) is 0 Å². The summed E-state index contributed by atoms with van der Waals surface area (Å²) >= 11 is 5.87. The van der Waals surface area contributed by atoms with Crippen molar-refractivity contribution in [3.63, 3.8) is 0 Å². The zero-order chi connectivity index (χ0) is 24.9. The van der Waals surface area contributed by atoms with Crippen LogP contribution in [0.2, 0.25) is 5.02 Å². The van der Waals surface area contributed by atoms with Crippen LogP contribution >= 0.6 is 11.6 Å². The zero-order valence-corrected chi connectivity index (χ0v) is 20.5. The van der Waals surface area contributed by atoms with E-state index < -0.39 is 5.91 Å². The standard InChI is InChI=1S/C26H26ClN5O3/c1-16-14-24-28-17(2)23(18(3)32(24)31-16)12-13-25(33)29-30-26(34)20-6-4-19(5-7-20)15-35-22-10-8-21(27)9-11-22/h4-11,14H,12-13,15H2,1-3H3,(H,29,33)(H,30,34). The molecule has 0 radical (unpaired) electrons. The summed E-state index contributed by atoms with van der Waals surface area (Å²) in [6.45, 7) is 6.17. The molecule has 2 aromatic carbocycles. The van der Waals surface area contributed by atoms with E-state index in [0.29, 0.717) is 29.4 Å². The summed E-state index contributed by atoms with van der Waals surface area (Å²) in [5.74, 6) is 0.0209. The minimum absolute atomic E-state index is 0.205. The first-order chi connectivity index (χ1) is 16.8. The number of amides is 2. The fourth-order valence-electron chi connectivity index (χ4n) is 3.75. The highest BCUT2D eigenvalue weighted by Crippen LogP contribution is 2.18. The van der Waals surface area contributed by atoms with Crippen LogP contribution in [0.15, 0.2) is 54.6 Å². The lowest BCUT2D eigenvalue weighted by Crippen LogP contribution is -2.41. The molecule has 2 amide bonds. The molecule has 0 aliphatic rings. The van der Waals surface area contributed by atoms with Crippen LogP contribution in [-0.4, -0.2) is 26.4 Å². The number of hydrogen-bond donors (Lipinski definition) is 2. The summed E-state index contributed by atoms with van der Waals surface area (Å²) in [5, 5.41) is 5.10. The number of nitrogens with zero attached hydrogens (tertiary/aromatic N) is 3. The van der Waals surface area contributed by atoms with Crippen molar-refractivity contribution in [2.45, 2.75) is 40.2 Å². The first-order valence-corrected chi connectivity index (χ1v) is 11.6. The van der Waals surface area contributed by atoms with Crippen LogP contribution in [0.3, 0.4) is 0 Å². The number of benzene rings is 2. The molecule has 2 heterocycles. The van der Waals surface area contributed by atoms with Gasteiger partial charge in [0.1, 0.15) is 12.4 Å². The molecule has 0 fully saturated rings. The Hall–Kier alpha value is -3.91. The average molecular weight is 492 g/mol. The molecule has 9 heteroatoms. The minimum atomic E-state index is -0.397. The van der Waals surface area contributed by atoms with Crippen molar-refractivity contribution in [2.75, 3.05) is 0 Å². The number of aryl methyl sites for hydroxylation is 3. The molecule has 4 aromatic rings. The third kappa shape index (κ3) is 5.96. The number of hydrazine groups is 1. The Labute approximate surface area is 208 Å². The lowest BCUT2D eigenvalue weighted by molar-refractivity contribution is -0.121. The van der Waals surface area contributed by atoms with Gasteiger partial charge < -0.3 is 4.74 Å². The van der Waals surface area contributed by atoms with Crippen molar-refractivity contribution < 1.29 is 14.3 Å². The molecule has 0 saturated heterocycles. The van der Waals surface area contributed by atoms with Crippen LogP contribution in [0.25, 0.3) is 5.65 Å². The van der Waals surface area contributed by atoms with Crippen molar-refractivity contribution in [3.8, 4) is 5.75 Å². The number of nitrogens with one attached hydrogen (secondary N) is 2. The van der Waals surface area contributed by atoms with Crippen molar-refractivity contribution in [3.05, 3.63) is 93.4 Å². The quantitative estimate of drug-likeness (QED) is 0.376. The monoisotopic (exact) mass is 491 g/mol. The van der Waals surface area contributed by atoms with Crippen molar-refractivity contribution in [1.82, 2.24) is 25.4 Å². The van der Waals surface area contributed by atoms with Gasteiger partial charge in [-0.2, -0.15) is 5.10 Å². The number of carbonyl (C=O) groups excluding carboxylic acids is 2. The molecule has 180 valence electrons. The molecule has 0 saturated carbocycles. The summed E-state index contributed by atoms with van der Waals surface area (Å²) in [6.07, 6.45) is 0.694. The number of ether oxygens (including phenoxy) is 1. The van der Waals surface area contributed by atoms with Crippen LogP contribution < -0.4 is 15.6 Å². The van der Waals surface area contributed by atoms with E-state index in [0.717, 1.165) is 33.9 Å². The van der Waals surface area contributed by atoms with E-state index in [1.165, 1.54) is 0 Å². The Kier molecular flexibility index (Phi) is 7.31. The van der Waals surface area contributed by atoms with Crippen LogP contribution in [0.4, 0.5) is 0 Å². The third-order valence-electron chi connectivity index (χ3n) is 5.64. The maximum Gasteiger partial charge on any atom is 0.269 e. The summed E-state index contributed by atoms with van der Waals surface area (Å²) in [6, 6.07) is 16.0. The maximum atomic E-state index is 12.4. The number of rotatable bonds is 7. The SMILES string of the molecule is Cc1cc2nc(C)c(CCC(=O)NNC(=O)c3ccc(COc4ccc(Cl)cc4)cc3)c(C)n2n1. The second-order valence-electron chi connectivity index (χ2n) is 8.26. The summed E-state index contributed by atoms with van der Waals surface area (Å²) < 4.78 is 7.50. The molecule has 2 aromatic heterocycles. The summed E-state index contributed by atoms with van der Waals surface area (Å²) in [4.78, 5) is 29.3. The van der Waals surface area contributed by atoms with Crippen molar-refractivity contribution in [2.24, 2.45) is 0 Å². The fourth-order valence-corrected chi connectivity index (χ4v) is 3.88. The van der Waals surface area contributed by atoms with Crippen molar-refractivity contribution >= 4 is 29.1 Å². The molecular formula is C26H26ClN5O3. The highest BCUT2D eigenvalue weighted by atomic mass is 35.5. The lowest BCUT2D eigenvalue weighted by atomic mass is 10.1. The molecule has 2 N–H and O–H groups in total. The van der Waals surface area contributed by atoms with Gasteiger partial charge in [0.25, 0.3) is 5.91 Å². The second kappa shape index (κ2) is 10.6. The van der Waals surface area contributed by atoms with E-state index in [9.17, 15) is 9.59 Å². The Morgan fingerprint density at radius 1 is 1.00 bits per heavy atom. The van der Waals surface area contributed by atoms with Gasteiger partial charge in [-0.25, -0.2) is 9.50 Å². The molecule has 0 spiro atoms. The lowest BCUT2D eigenvalue weighted by Gasteiger charge is -2.12. The maximum absolute atomic E-state index is 12.4. The van der Waals surface area contributed by atoms with Gasteiger partial charge in [-0.15, -0.1) is 0 Å². The molecule has 0 bridgehead atoms. The van der Waals surface area contributed by atoms with E-state index in [4.69, 9.17) is 16.3 Å². The smallest absolute Gasteiger partial charge is 0.269 e. The molecule has 0 unspecified atom stereocenters. The minimum Gasteiger partial charge on any atom is -0.489 e. The number of halogens is 1. The normalized spacial score (nSPS) is 10.9. The average Bonchev–Trinajstić information content (AvgIpc) is 3.22. The first kappa shape index (κ1) is 24.2. The molecule has 8 nitrogen and oxygen atoms in total. The van der Waals surface area contributed by atoms with Crippen LogP contribution in [0.1, 0.15) is 45.0 Å². The van der Waals surface area contributed by atoms with E-state index in [1.807, 2.05) is 26.8 Å². The van der Waals surface area contributed by atoms with Gasteiger partial charge in [0.05, 0.1) is 5.69 Å². The van der Waals surface area contributed by atoms with Gasteiger partial charge in [0.2, 0.25) is 5.91 Å². The van der Waals surface area contributed by atoms with E-state index in [-0.39, 0.29) is 12.3 Å². The number of aromatic nitrogens is 3. The Balaban J connectivity index is 1.26. The predicted molar refractivity (Wildman–Crippen MR) is 133 cm³/mol. The van der Waals surface area contributed by atoms with Gasteiger partial charge in [0, 0.05) is 34.5 Å². The molecule has 0 aliphatic heterocycles. The third-order valence-corrected chi connectivity index (χ3v) is 5.89. The van der Waals surface area contributed by atoms with E-state index in [2.05, 4.69) is 20.9 Å². The van der Waals surface area contributed by atoms with Crippen LogP contribution in [0.5, 0.6) is 5.75 Å². The van der Waals surface area contributed by atoms with Gasteiger partial charge >= 0.3 is 0 Å². The molecule has 0 aliphatic carbocycles. The Morgan fingerprint density at radius 2 is 1.71 bits per heavy atom. The number of fused-ring (bicyclic) bond motifs is 1. The first-order valence-electron chi connectivity index (χ1n) is 11.2. The number of carbonyl (C=O) groups is 2. The largest absolute Gasteiger partial charge is 0.489 e. The zero-order valence-electron chi connectivity index (χ0n) is 19.8. The predicted octanol–water partition coefficient (Wildman–Crippen LogP) is 4.28. The van der Waals surface area contributed by atoms with Gasteiger partial charge in [-0.3, -0.25) is 20.4 Å². The van der Waals surface area contributed by atoms with Gasteiger partial charge in [-0.1, -0.05) is 23.7 Å². The van der Waals surface area contributed by atoms with Gasteiger partial charge in [-0.05, 0) is 74.7 Å².